The van der Waals surface area contributed by atoms with Crippen LogP contribution in [0.5, 0.6) is 0 Å². The number of aliphatic hydroxyl groups excluding tert-OH is 1. The Balaban J connectivity index is 2.25. The van der Waals surface area contributed by atoms with E-state index in [0.717, 1.165) is 16.9 Å². The van der Waals surface area contributed by atoms with E-state index >= 15 is 0 Å². The third kappa shape index (κ3) is 7.91. The molecule has 1 aromatic rings. The summed E-state index contributed by atoms with van der Waals surface area (Å²) >= 11 is 0. The van der Waals surface area contributed by atoms with Crippen LogP contribution in [0.1, 0.15) is 71.8 Å². The fraction of sp³-hybridized carbons (Fsp3) is 0.656. The molecule has 1 N–H and O–H groups in total. The largest absolute Gasteiger partial charge is 0.511 e. The van der Waals surface area contributed by atoms with Crippen molar-refractivity contribution in [1.82, 2.24) is 9.80 Å². The van der Waals surface area contributed by atoms with E-state index in [1.807, 2.05) is 49.1 Å². The van der Waals surface area contributed by atoms with E-state index in [0.29, 0.717) is 32.2 Å². The summed E-state index contributed by atoms with van der Waals surface area (Å²) in [5.41, 5.74) is -0.214. The number of amides is 1. The standard InChI is InChI=1S/C32H45F3N2O6/c1-5-9-16-31(20-36(17-10-6-2)30(41)32(33,34)35)21-37(19-22-14-12-11-13-15-22)24-18-23(31)25(28(39)42-7-3)27(38)26(24)29(40)43-8-4/h11-15,23-24,26,38H,5-10,16-21H2,1-4H3/t23-,24+,26?,31-/m1/s1. The molecule has 0 saturated carbocycles. The van der Waals surface area contributed by atoms with Gasteiger partial charge in [-0.2, -0.15) is 13.2 Å². The van der Waals surface area contributed by atoms with Gasteiger partial charge in [0.15, 0.2) is 0 Å². The lowest BCUT2D eigenvalue weighted by Crippen LogP contribution is -2.64. The van der Waals surface area contributed by atoms with E-state index in [9.17, 15) is 32.7 Å². The monoisotopic (exact) mass is 610 g/mol. The number of esters is 2. The van der Waals surface area contributed by atoms with Crippen LogP contribution in [0.3, 0.4) is 0 Å². The summed E-state index contributed by atoms with van der Waals surface area (Å²) in [6.07, 6.45) is -2.13. The average molecular weight is 611 g/mol. The molecule has 8 nitrogen and oxygen atoms in total. The maximum absolute atomic E-state index is 13.9. The molecule has 1 heterocycles. The van der Waals surface area contributed by atoms with Crippen molar-refractivity contribution >= 4 is 17.8 Å². The number of hydrogen-bond acceptors (Lipinski definition) is 7. The van der Waals surface area contributed by atoms with Gasteiger partial charge in [-0.3, -0.25) is 14.5 Å². The molecule has 1 amide bonds. The Morgan fingerprint density at radius 1 is 1.02 bits per heavy atom. The number of rotatable bonds is 14. The van der Waals surface area contributed by atoms with Gasteiger partial charge in [-0.25, -0.2) is 4.79 Å². The Hall–Kier alpha value is -3.08. The van der Waals surface area contributed by atoms with Gasteiger partial charge in [-0.1, -0.05) is 63.4 Å². The van der Waals surface area contributed by atoms with Crippen molar-refractivity contribution in [2.75, 3.05) is 32.8 Å². The third-order valence-corrected chi connectivity index (χ3v) is 8.62. The molecule has 240 valence electrons. The van der Waals surface area contributed by atoms with Gasteiger partial charge >= 0.3 is 24.0 Å². The van der Waals surface area contributed by atoms with Crippen molar-refractivity contribution in [3.05, 3.63) is 47.2 Å². The molecule has 4 atom stereocenters. The van der Waals surface area contributed by atoms with Gasteiger partial charge in [0.05, 0.1) is 18.8 Å². The van der Waals surface area contributed by atoms with Crippen molar-refractivity contribution in [2.45, 2.75) is 85.0 Å². The first-order valence-electron chi connectivity index (χ1n) is 15.3. The number of ether oxygens (including phenoxy) is 2. The molecule has 1 saturated heterocycles. The number of benzene rings is 1. The molecule has 43 heavy (non-hydrogen) atoms. The number of nitrogens with zero attached hydrogens (tertiary/aromatic N) is 2. The lowest BCUT2D eigenvalue weighted by Gasteiger charge is -2.57. The van der Waals surface area contributed by atoms with E-state index in [4.69, 9.17) is 9.47 Å². The average Bonchev–Trinajstić information content (AvgIpc) is 2.96. The zero-order chi connectivity index (χ0) is 31.8. The van der Waals surface area contributed by atoms with Crippen LogP contribution in [0, 0.1) is 17.3 Å². The summed E-state index contributed by atoms with van der Waals surface area (Å²) in [6.45, 7) is 7.36. The first kappa shape index (κ1) is 34.4. The van der Waals surface area contributed by atoms with Crippen molar-refractivity contribution < 1.29 is 42.1 Å². The van der Waals surface area contributed by atoms with Gasteiger partial charge < -0.3 is 19.5 Å². The highest BCUT2D eigenvalue weighted by Gasteiger charge is 2.59. The maximum Gasteiger partial charge on any atom is 0.471 e. The minimum atomic E-state index is -5.07. The number of aliphatic hydroxyl groups is 1. The van der Waals surface area contributed by atoms with Crippen LogP contribution in [-0.2, 0) is 30.4 Å². The van der Waals surface area contributed by atoms with Crippen LogP contribution in [0.2, 0.25) is 0 Å². The molecule has 0 spiro atoms. The molecule has 1 aromatic carbocycles. The minimum Gasteiger partial charge on any atom is -0.511 e. The number of carbonyl (C=O) groups is 3. The lowest BCUT2D eigenvalue weighted by atomic mass is 9.58. The summed E-state index contributed by atoms with van der Waals surface area (Å²) < 4.78 is 52.3. The second kappa shape index (κ2) is 15.1. The number of piperidine rings is 1. The Morgan fingerprint density at radius 3 is 2.26 bits per heavy atom. The molecule has 0 radical (unpaired) electrons. The predicted octanol–water partition coefficient (Wildman–Crippen LogP) is 5.81. The summed E-state index contributed by atoms with van der Waals surface area (Å²) in [6, 6.07) is 8.88. The summed E-state index contributed by atoms with van der Waals surface area (Å²) in [5, 5.41) is 11.7. The van der Waals surface area contributed by atoms with E-state index in [1.165, 1.54) is 0 Å². The van der Waals surface area contributed by atoms with Crippen molar-refractivity contribution in [3.63, 3.8) is 0 Å². The van der Waals surface area contributed by atoms with E-state index in [-0.39, 0.29) is 44.8 Å². The third-order valence-electron chi connectivity index (χ3n) is 8.62. The zero-order valence-electron chi connectivity index (χ0n) is 25.6. The summed E-state index contributed by atoms with van der Waals surface area (Å²) in [4.78, 5) is 42.4. The molecule has 2 bridgehead atoms. The first-order valence-corrected chi connectivity index (χ1v) is 15.3. The highest BCUT2D eigenvalue weighted by Crippen LogP contribution is 2.53. The number of likely N-dealkylation sites (tertiary alicyclic amines) is 1. The van der Waals surface area contributed by atoms with E-state index < -0.39 is 53.1 Å². The molecule has 1 aliphatic carbocycles. The number of fused-ring (bicyclic) bond motifs is 2. The quantitative estimate of drug-likeness (QED) is 0.266. The molecule has 2 aliphatic rings. The predicted molar refractivity (Wildman–Crippen MR) is 155 cm³/mol. The highest BCUT2D eigenvalue weighted by atomic mass is 19.4. The number of hydrogen-bond donors (Lipinski definition) is 1. The molecule has 11 heteroatoms. The number of halogens is 3. The Bertz CT molecular complexity index is 1140. The van der Waals surface area contributed by atoms with Crippen LogP contribution < -0.4 is 0 Å². The maximum atomic E-state index is 13.9. The Labute approximate surface area is 252 Å². The molecular formula is C32H45F3N2O6. The molecular weight excluding hydrogens is 565 g/mol. The van der Waals surface area contributed by atoms with Gasteiger partial charge in [0, 0.05) is 43.6 Å². The summed E-state index contributed by atoms with van der Waals surface area (Å²) in [5.74, 6) is -5.78. The first-order chi connectivity index (χ1) is 20.4. The normalized spacial score (nSPS) is 24.0. The van der Waals surface area contributed by atoms with Gasteiger partial charge in [-0.15, -0.1) is 0 Å². The lowest BCUT2D eigenvalue weighted by molar-refractivity contribution is -0.189. The summed E-state index contributed by atoms with van der Waals surface area (Å²) in [7, 11) is 0. The van der Waals surface area contributed by atoms with Gasteiger partial charge in [0.25, 0.3) is 0 Å². The van der Waals surface area contributed by atoms with Crippen LogP contribution in [0.25, 0.3) is 0 Å². The van der Waals surface area contributed by atoms with Crippen molar-refractivity contribution in [2.24, 2.45) is 17.3 Å². The topological polar surface area (TPSA) is 96.4 Å². The van der Waals surface area contributed by atoms with Crippen molar-refractivity contribution in [3.8, 4) is 0 Å². The minimum absolute atomic E-state index is 0.00706. The van der Waals surface area contributed by atoms with Crippen LogP contribution in [0.15, 0.2) is 41.7 Å². The molecule has 1 aliphatic heterocycles. The van der Waals surface area contributed by atoms with Gasteiger partial charge in [0.2, 0.25) is 0 Å². The van der Waals surface area contributed by atoms with E-state index in [1.54, 1.807) is 13.8 Å². The SMILES string of the molecule is CCCCN(C[C@]1(CCCC)CN(Cc2ccccc2)[C@H]2C[C@@H]1C(C(=O)OCC)=C(O)C2C(=O)OCC)C(=O)C(F)(F)F. The van der Waals surface area contributed by atoms with E-state index in [2.05, 4.69) is 0 Å². The second-order valence-electron chi connectivity index (χ2n) is 11.5. The molecule has 1 unspecified atom stereocenters. The zero-order valence-corrected chi connectivity index (χ0v) is 25.6. The smallest absolute Gasteiger partial charge is 0.471 e. The fourth-order valence-electron chi connectivity index (χ4n) is 6.70. The molecule has 1 fully saturated rings. The number of unbranched alkanes of at least 4 members (excludes halogenated alkanes) is 2. The highest BCUT2D eigenvalue weighted by molar-refractivity contribution is 5.92. The number of carbonyl (C=O) groups excluding carboxylic acids is 3. The van der Waals surface area contributed by atoms with Crippen LogP contribution >= 0.6 is 0 Å². The van der Waals surface area contributed by atoms with Crippen molar-refractivity contribution in [1.29, 1.82) is 0 Å². The van der Waals surface area contributed by atoms with Crippen LogP contribution in [0.4, 0.5) is 13.2 Å². The molecule has 0 aromatic heterocycles. The van der Waals surface area contributed by atoms with Crippen LogP contribution in [-0.4, -0.2) is 77.8 Å². The number of alkyl halides is 3. The second-order valence-corrected chi connectivity index (χ2v) is 11.5. The van der Waals surface area contributed by atoms with Gasteiger partial charge in [0.1, 0.15) is 11.7 Å². The molecule has 3 rings (SSSR count). The Morgan fingerprint density at radius 2 is 1.67 bits per heavy atom. The Kier molecular flexibility index (Phi) is 12.1. The van der Waals surface area contributed by atoms with Gasteiger partial charge in [-0.05, 0) is 38.7 Å². The fourth-order valence-corrected chi connectivity index (χ4v) is 6.70.